The van der Waals surface area contributed by atoms with E-state index in [1.54, 1.807) is 6.07 Å². The molecule has 0 aliphatic heterocycles. The van der Waals surface area contributed by atoms with Gasteiger partial charge in [-0.1, -0.05) is 24.9 Å². The lowest BCUT2D eigenvalue weighted by molar-refractivity contribution is 0.629. The van der Waals surface area contributed by atoms with Gasteiger partial charge in [-0.2, -0.15) is 0 Å². The molecule has 1 saturated carbocycles. The van der Waals surface area contributed by atoms with Gasteiger partial charge in [0.2, 0.25) is 0 Å². The molecule has 5 heteroatoms. The first kappa shape index (κ1) is 11.2. The van der Waals surface area contributed by atoms with Crippen LogP contribution in [-0.4, -0.2) is 9.55 Å². The third kappa shape index (κ3) is 1.70. The van der Waals surface area contributed by atoms with Gasteiger partial charge in [0.25, 0.3) is 0 Å². The number of nitrogens with one attached hydrogen (secondary N) is 1. The van der Waals surface area contributed by atoms with E-state index in [1.165, 1.54) is 6.07 Å². The standard InChI is InChI=1S/C12H12ClFN2S/c1-2-6-3-10(6)16-11-4-7(13)8(14)5-9(11)15-12(16)17/h4-6,10H,2-3H2,1H3,(H,15,17). The van der Waals surface area contributed by atoms with Crippen LogP contribution in [0.2, 0.25) is 5.02 Å². The van der Waals surface area contributed by atoms with E-state index in [0.717, 1.165) is 23.9 Å². The molecule has 17 heavy (non-hydrogen) atoms. The number of fused-ring (bicyclic) bond motifs is 1. The summed E-state index contributed by atoms with van der Waals surface area (Å²) in [5.41, 5.74) is 1.63. The molecule has 0 radical (unpaired) electrons. The molecule has 1 aliphatic carbocycles. The van der Waals surface area contributed by atoms with Crippen molar-refractivity contribution in [3.63, 3.8) is 0 Å². The zero-order valence-corrected chi connectivity index (χ0v) is 10.9. The average Bonchev–Trinajstić information content (AvgIpc) is 2.98. The fraction of sp³-hybridized carbons (Fsp3) is 0.417. The van der Waals surface area contributed by atoms with Gasteiger partial charge in [0.1, 0.15) is 5.82 Å². The van der Waals surface area contributed by atoms with Gasteiger partial charge in [-0.25, -0.2) is 4.39 Å². The van der Waals surface area contributed by atoms with Gasteiger partial charge in [-0.3, -0.25) is 0 Å². The predicted molar refractivity (Wildman–Crippen MR) is 69.5 cm³/mol. The number of aromatic nitrogens is 2. The van der Waals surface area contributed by atoms with Crippen LogP contribution in [-0.2, 0) is 0 Å². The Bertz CT molecular complexity index is 646. The van der Waals surface area contributed by atoms with Crippen molar-refractivity contribution in [1.82, 2.24) is 9.55 Å². The van der Waals surface area contributed by atoms with E-state index < -0.39 is 5.82 Å². The first-order chi connectivity index (χ1) is 8.11. The molecule has 1 aromatic carbocycles. The van der Waals surface area contributed by atoms with Crippen molar-refractivity contribution in [2.75, 3.05) is 0 Å². The molecule has 1 aliphatic rings. The lowest BCUT2D eigenvalue weighted by Crippen LogP contribution is -1.96. The Balaban J connectivity index is 2.21. The van der Waals surface area contributed by atoms with Gasteiger partial charge in [-0.15, -0.1) is 0 Å². The van der Waals surface area contributed by atoms with Crippen LogP contribution in [0.15, 0.2) is 12.1 Å². The Morgan fingerprint density at radius 3 is 3.00 bits per heavy atom. The SMILES string of the molecule is CCC1CC1n1c(=S)[nH]c2cc(F)c(Cl)cc21. The van der Waals surface area contributed by atoms with Crippen molar-refractivity contribution in [2.24, 2.45) is 5.92 Å². The zero-order chi connectivity index (χ0) is 12.2. The number of halogens is 2. The van der Waals surface area contributed by atoms with Gasteiger partial charge in [0, 0.05) is 12.1 Å². The molecule has 2 unspecified atom stereocenters. The van der Waals surface area contributed by atoms with Crippen LogP contribution in [0.1, 0.15) is 25.8 Å². The molecule has 3 rings (SSSR count). The minimum absolute atomic E-state index is 0.147. The second-order valence-corrected chi connectivity index (χ2v) is 5.35. The van der Waals surface area contributed by atoms with E-state index in [-0.39, 0.29) is 5.02 Å². The first-order valence-corrected chi connectivity index (χ1v) is 6.49. The largest absolute Gasteiger partial charge is 0.330 e. The minimum atomic E-state index is -0.412. The molecule has 1 N–H and O–H groups in total. The number of hydrogen-bond acceptors (Lipinski definition) is 1. The molecule has 1 fully saturated rings. The van der Waals surface area contributed by atoms with E-state index in [1.807, 2.05) is 0 Å². The predicted octanol–water partition coefficient (Wildman–Crippen LogP) is 4.46. The van der Waals surface area contributed by atoms with Crippen molar-refractivity contribution in [3.05, 3.63) is 27.7 Å². The Morgan fingerprint density at radius 1 is 1.59 bits per heavy atom. The van der Waals surface area contributed by atoms with Crippen molar-refractivity contribution in [1.29, 1.82) is 0 Å². The highest BCUT2D eigenvalue weighted by atomic mass is 35.5. The number of nitrogens with zero attached hydrogens (tertiary/aromatic N) is 1. The Morgan fingerprint density at radius 2 is 2.35 bits per heavy atom. The second kappa shape index (κ2) is 3.82. The fourth-order valence-electron chi connectivity index (χ4n) is 2.44. The first-order valence-electron chi connectivity index (χ1n) is 5.71. The van der Waals surface area contributed by atoms with Crippen LogP contribution in [0.4, 0.5) is 4.39 Å². The van der Waals surface area contributed by atoms with Crippen LogP contribution in [0.5, 0.6) is 0 Å². The van der Waals surface area contributed by atoms with Crippen LogP contribution >= 0.6 is 23.8 Å². The smallest absolute Gasteiger partial charge is 0.178 e. The van der Waals surface area contributed by atoms with E-state index >= 15 is 0 Å². The van der Waals surface area contributed by atoms with Gasteiger partial charge in [0.15, 0.2) is 4.77 Å². The van der Waals surface area contributed by atoms with Gasteiger partial charge >= 0.3 is 0 Å². The number of rotatable bonds is 2. The molecule has 1 aromatic heterocycles. The quantitative estimate of drug-likeness (QED) is 0.799. The summed E-state index contributed by atoms with van der Waals surface area (Å²) in [4.78, 5) is 3.04. The van der Waals surface area contributed by atoms with Crippen LogP contribution in [0, 0.1) is 16.5 Å². The highest BCUT2D eigenvalue weighted by molar-refractivity contribution is 7.71. The molecule has 90 valence electrons. The summed E-state index contributed by atoms with van der Waals surface area (Å²) in [6, 6.07) is 3.51. The molecule has 0 amide bonds. The lowest BCUT2D eigenvalue weighted by atomic mass is 10.3. The summed E-state index contributed by atoms with van der Waals surface area (Å²) in [6.07, 6.45) is 2.29. The molecule has 2 aromatic rings. The molecule has 0 spiro atoms. The molecule has 2 atom stereocenters. The van der Waals surface area contributed by atoms with Crippen LogP contribution < -0.4 is 0 Å². The van der Waals surface area contributed by atoms with Crippen LogP contribution in [0.3, 0.4) is 0 Å². The maximum absolute atomic E-state index is 13.4. The third-order valence-corrected chi connectivity index (χ3v) is 4.09. The van der Waals surface area contributed by atoms with Gasteiger partial charge in [-0.05, 0) is 30.6 Å². The topological polar surface area (TPSA) is 20.7 Å². The molecule has 0 saturated heterocycles. The fourth-order valence-corrected chi connectivity index (χ4v) is 2.94. The molecule has 0 bridgehead atoms. The average molecular weight is 271 g/mol. The normalized spacial score (nSPS) is 23.2. The Kier molecular flexibility index (Phi) is 2.52. The molecular weight excluding hydrogens is 259 g/mol. The second-order valence-electron chi connectivity index (χ2n) is 4.55. The zero-order valence-electron chi connectivity index (χ0n) is 9.34. The summed E-state index contributed by atoms with van der Waals surface area (Å²) in [7, 11) is 0. The number of imidazole rings is 1. The maximum atomic E-state index is 13.4. The highest BCUT2D eigenvalue weighted by Gasteiger charge is 2.38. The van der Waals surface area contributed by atoms with E-state index in [0.29, 0.717) is 16.7 Å². The maximum Gasteiger partial charge on any atom is 0.178 e. The van der Waals surface area contributed by atoms with Gasteiger partial charge in [0.05, 0.1) is 16.1 Å². The van der Waals surface area contributed by atoms with Crippen molar-refractivity contribution >= 4 is 34.9 Å². The molecular formula is C12H12ClFN2S. The van der Waals surface area contributed by atoms with Crippen LogP contribution in [0.25, 0.3) is 11.0 Å². The third-order valence-electron chi connectivity index (χ3n) is 3.50. The van der Waals surface area contributed by atoms with Crippen molar-refractivity contribution in [3.8, 4) is 0 Å². The Hall–Kier alpha value is -0.870. The number of benzene rings is 1. The summed E-state index contributed by atoms with van der Waals surface area (Å²) in [5, 5.41) is 0.147. The number of hydrogen-bond donors (Lipinski definition) is 1. The van der Waals surface area contributed by atoms with Gasteiger partial charge < -0.3 is 9.55 Å². The molecule has 2 nitrogen and oxygen atoms in total. The molecule has 1 heterocycles. The number of aromatic amines is 1. The van der Waals surface area contributed by atoms with Crippen molar-refractivity contribution < 1.29 is 4.39 Å². The van der Waals surface area contributed by atoms with E-state index in [9.17, 15) is 4.39 Å². The highest BCUT2D eigenvalue weighted by Crippen LogP contribution is 2.47. The minimum Gasteiger partial charge on any atom is -0.330 e. The number of H-pyrrole nitrogens is 1. The Labute approximate surface area is 108 Å². The van der Waals surface area contributed by atoms with E-state index in [2.05, 4.69) is 16.5 Å². The summed E-state index contributed by atoms with van der Waals surface area (Å²) in [6.45, 7) is 2.18. The summed E-state index contributed by atoms with van der Waals surface area (Å²) in [5.74, 6) is 0.273. The van der Waals surface area contributed by atoms with Crippen molar-refractivity contribution in [2.45, 2.75) is 25.8 Å². The lowest BCUT2D eigenvalue weighted by Gasteiger charge is -2.03. The summed E-state index contributed by atoms with van der Waals surface area (Å²) >= 11 is 11.1. The monoisotopic (exact) mass is 270 g/mol. The summed E-state index contributed by atoms with van der Waals surface area (Å²) < 4.78 is 16.1. The van der Waals surface area contributed by atoms with E-state index in [4.69, 9.17) is 23.8 Å².